The highest BCUT2D eigenvalue weighted by Gasteiger charge is 2.40. The van der Waals surface area contributed by atoms with Gasteiger partial charge in [-0.15, -0.1) is 0 Å². The maximum atomic E-state index is 11.7. The monoisotopic (exact) mass is 168 g/mol. The minimum atomic E-state index is -0.184. The smallest absolute Gasteiger partial charge is 0.240 e. The van der Waals surface area contributed by atoms with Gasteiger partial charge in [-0.25, -0.2) is 0 Å². The van der Waals surface area contributed by atoms with Gasteiger partial charge in [0.1, 0.15) is 0 Å². The first-order valence-corrected chi connectivity index (χ1v) is 4.87. The molecule has 2 aliphatic heterocycles. The van der Waals surface area contributed by atoms with Gasteiger partial charge in [0.2, 0.25) is 5.91 Å². The van der Waals surface area contributed by atoms with Crippen molar-refractivity contribution in [3.05, 3.63) is 0 Å². The van der Waals surface area contributed by atoms with E-state index in [-0.39, 0.29) is 11.4 Å². The van der Waals surface area contributed by atoms with E-state index >= 15 is 0 Å². The van der Waals surface area contributed by atoms with Gasteiger partial charge in [0.05, 0.1) is 5.54 Å². The summed E-state index contributed by atoms with van der Waals surface area (Å²) in [6.45, 7) is 1.87. The third kappa shape index (κ3) is 1.22. The van der Waals surface area contributed by atoms with Gasteiger partial charge in [-0.3, -0.25) is 4.79 Å². The predicted molar refractivity (Wildman–Crippen MR) is 46.8 cm³/mol. The van der Waals surface area contributed by atoms with E-state index in [1.807, 2.05) is 0 Å². The van der Waals surface area contributed by atoms with Crippen LogP contribution in [-0.4, -0.2) is 24.5 Å². The van der Waals surface area contributed by atoms with Crippen molar-refractivity contribution in [2.45, 2.75) is 37.6 Å². The van der Waals surface area contributed by atoms with Crippen molar-refractivity contribution >= 4 is 5.91 Å². The van der Waals surface area contributed by atoms with Crippen molar-refractivity contribution in [1.82, 2.24) is 10.6 Å². The Morgan fingerprint density at radius 2 is 1.92 bits per heavy atom. The third-order valence-corrected chi connectivity index (χ3v) is 2.99. The molecule has 0 bridgehead atoms. The van der Waals surface area contributed by atoms with Crippen LogP contribution in [0.15, 0.2) is 0 Å². The molecule has 1 spiro atoms. The van der Waals surface area contributed by atoms with E-state index in [0.717, 1.165) is 38.8 Å². The number of rotatable bonds is 0. The SMILES string of the molecule is O=C1NCCCC[C@@]12CCCN2. The van der Waals surface area contributed by atoms with Crippen LogP contribution in [0.5, 0.6) is 0 Å². The Balaban J connectivity index is 2.13. The Morgan fingerprint density at radius 1 is 1.08 bits per heavy atom. The summed E-state index contributed by atoms with van der Waals surface area (Å²) in [4.78, 5) is 11.7. The van der Waals surface area contributed by atoms with Crippen LogP contribution in [0.4, 0.5) is 0 Å². The van der Waals surface area contributed by atoms with Gasteiger partial charge in [-0.05, 0) is 38.6 Å². The Kier molecular flexibility index (Phi) is 2.05. The lowest BCUT2D eigenvalue weighted by Gasteiger charge is -2.25. The van der Waals surface area contributed by atoms with Crippen LogP contribution in [0.3, 0.4) is 0 Å². The van der Waals surface area contributed by atoms with Crippen LogP contribution in [0.1, 0.15) is 32.1 Å². The Hall–Kier alpha value is -0.570. The number of hydrogen-bond acceptors (Lipinski definition) is 2. The molecular formula is C9H16N2O. The molecule has 0 aromatic carbocycles. The van der Waals surface area contributed by atoms with Gasteiger partial charge in [0.25, 0.3) is 0 Å². The molecule has 68 valence electrons. The van der Waals surface area contributed by atoms with Gasteiger partial charge in [0, 0.05) is 6.54 Å². The van der Waals surface area contributed by atoms with Gasteiger partial charge in [-0.1, -0.05) is 0 Å². The maximum Gasteiger partial charge on any atom is 0.240 e. The van der Waals surface area contributed by atoms with Crippen LogP contribution < -0.4 is 10.6 Å². The highest BCUT2D eigenvalue weighted by molar-refractivity contribution is 5.86. The molecule has 0 aromatic heterocycles. The average Bonchev–Trinajstić information content (AvgIpc) is 2.45. The van der Waals surface area contributed by atoms with Crippen LogP contribution >= 0.6 is 0 Å². The molecule has 0 radical (unpaired) electrons. The molecule has 0 unspecified atom stereocenters. The lowest BCUT2D eigenvalue weighted by molar-refractivity contribution is -0.126. The Morgan fingerprint density at radius 3 is 2.67 bits per heavy atom. The summed E-state index contributed by atoms with van der Waals surface area (Å²) in [6.07, 6.45) is 5.51. The second-order valence-electron chi connectivity index (χ2n) is 3.83. The van der Waals surface area contributed by atoms with Crippen molar-refractivity contribution < 1.29 is 4.79 Å². The zero-order valence-corrected chi connectivity index (χ0v) is 7.36. The summed E-state index contributed by atoms with van der Waals surface area (Å²) in [5.41, 5.74) is -0.184. The van der Waals surface area contributed by atoms with Crippen LogP contribution in [-0.2, 0) is 4.79 Å². The molecule has 1 amide bonds. The fourth-order valence-corrected chi connectivity index (χ4v) is 2.25. The molecule has 2 fully saturated rings. The summed E-state index contributed by atoms with van der Waals surface area (Å²) in [5.74, 6) is 0.234. The van der Waals surface area contributed by atoms with Crippen molar-refractivity contribution in [1.29, 1.82) is 0 Å². The van der Waals surface area contributed by atoms with Gasteiger partial charge in [-0.2, -0.15) is 0 Å². The summed E-state index contributed by atoms with van der Waals surface area (Å²) in [7, 11) is 0. The van der Waals surface area contributed by atoms with E-state index in [9.17, 15) is 4.79 Å². The first-order chi connectivity index (χ1) is 5.83. The van der Waals surface area contributed by atoms with E-state index in [2.05, 4.69) is 10.6 Å². The van der Waals surface area contributed by atoms with E-state index in [4.69, 9.17) is 0 Å². The summed E-state index contributed by atoms with van der Waals surface area (Å²) >= 11 is 0. The van der Waals surface area contributed by atoms with Gasteiger partial charge >= 0.3 is 0 Å². The summed E-state index contributed by atoms with van der Waals surface area (Å²) in [6, 6.07) is 0. The molecule has 2 rings (SSSR count). The first kappa shape index (κ1) is 8.05. The Labute approximate surface area is 72.9 Å². The van der Waals surface area contributed by atoms with Crippen molar-refractivity contribution in [3.63, 3.8) is 0 Å². The van der Waals surface area contributed by atoms with E-state index in [0.29, 0.717) is 0 Å². The molecule has 0 saturated carbocycles. The fourth-order valence-electron chi connectivity index (χ4n) is 2.25. The highest BCUT2D eigenvalue weighted by Crippen LogP contribution is 2.26. The van der Waals surface area contributed by atoms with Crippen LogP contribution in [0, 0.1) is 0 Å². The van der Waals surface area contributed by atoms with Gasteiger partial charge < -0.3 is 10.6 Å². The maximum absolute atomic E-state index is 11.7. The highest BCUT2D eigenvalue weighted by atomic mass is 16.2. The fraction of sp³-hybridized carbons (Fsp3) is 0.889. The Bertz CT molecular complexity index is 185. The second kappa shape index (κ2) is 3.05. The second-order valence-corrected chi connectivity index (χ2v) is 3.83. The summed E-state index contributed by atoms with van der Waals surface area (Å²) < 4.78 is 0. The normalized spacial score (nSPS) is 36.5. The van der Waals surface area contributed by atoms with Crippen LogP contribution in [0.25, 0.3) is 0 Å². The van der Waals surface area contributed by atoms with Crippen molar-refractivity contribution in [2.75, 3.05) is 13.1 Å². The molecule has 0 aromatic rings. The number of nitrogens with one attached hydrogen (secondary N) is 2. The lowest BCUT2D eigenvalue weighted by Crippen LogP contribution is -2.52. The van der Waals surface area contributed by atoms with Gasteiger partial charge in [0.15, 0.2) is 0 Å². The molecule has 3 nitrogen and oxygen atoms in total. The van der Waals surface area contributed by atoms with Crippen molar-refractivity contribution in [2.24, 2.45) is 0 Å². The summed E-state index contributed by atoms with van der Waals surface area (Å²) in [5, 5.41) is 6.33. The molecule has 2 aliphatic rings. The molecular weight excluding hydrogens is 152 g/mol. The molecule has 2 N–H and O–H groups in total. The number of carbonyl (C=O) groups excluding carboxylic acids is 1. The van der Waals surface area contributed by atoms with Crippen LogP contribution in [0.2, 0.25) is 0 Å². The van der Waals surface area contributed by atoms with E-state index in [1.54, 1.807) is 0 Å². The zero-order valence-electron chi connectivity index (χ0n) is 7.36. The lowest BCUT2D eigenvalue weighted by atomic mass is 9.91. The minimum absolute atomic E-state index is 0.184. The molecule has 3 heteroatoms. The predicted octanol–water partition coefficient (Wildman–Crippen LogP) is 0.409. The largest absolute Gasteiger partial charge is 0.354 e. The molecule has 2 saturated heterocycles. The first-order valence-electron chi connectivity index (χ1n) is 4.87. The average molecular weight is 168 g/mol. The molecule has 1 atom stereocenters. The molecule has 12 heavy (non-hydrogen) atoms. The quantitative estimate of drug-likeness (QED) is 0.550. The molecule has 0 aliphatic carbocycles. The number of carbonyl (C=O) groups is 1. The van der Waals surface area contributed by atoms with E-state index < -0.39 is 0 Å². The third-order valence-electron chi connectivity index (χ3n) is 2.99. The topological polar surface area (TPSA) is 41.1 Å². The van der Waals surface area contributed by atoms with Crippen molar-refractivity contribution in [3.8, 4) is 0 Å². The zero-order chi connectivity index (χ0) is 8.44. The minimum Gasteiger partial charge on any atom is -0.354 e. The standard InChI is InChI=1S/C9H16N2O/c12-8-9(5-3-7-11-9)4-1-2-6-10-8/h11H,1-7H2,(H,10,12)/t9-/m1/s1. The number of hydrogen-bond donors (Lipinski definition) is 2. The molecule has 2 heterocycles. The van der Waals surface area contributed by atoms with E-state index in [1.165, 1.54) is 6.42 Å². The number of amides is 1.